The first kappa shape index (κ1) is 15.3. The fourth-order valence-electron chi connectivity index (χ4n) is 4.08. The Morgan fingerprint density at radius 3 is 3.12 bits per heavy atom. The van der Waals surface area contributed by atoms with Gasteiger partial charge in [0.05, 0.1) is 17.8 Å². The molecule has 0 unspecified atom stereocenters. The Hall–Kier alpha value is -2.95. The van der Waals surface area contributed by atoms with Gasteiger partial charge in [-0.05, 0) is 44.1 Å². The van der Waals surface area contributed by atoms with E-state index in [1.165, 1.54) is 0 Å². The monoisotopic (exact) mass is 349 g/mol. The summed E-state index contributed by atoms with van der Waals surface area (Å²) in [4.78, 5) is 19.6. The van der Waals surface area contributed by atoms with Crippen molar-refractivity contribution < 1.29 is 4.79 Å². The number of carbonyl (C=O) groups excluding carboxylic acids is 1. The van der Waals surface area contributed by atoms with Crippen molar-refractivity contribution in [1.29, 1.82) is 5.26 Å². The lowest BCUT2D eigenvalue weighted by Gasteiger charge is -2.13. The van der Waals surface area contributed by atoms with Crippen LogP contribution in [0.1, 0.15) is 43.8 Å². The number of aromatic amines is 1. The molecule has 5 rings (SSSR count). The molecule has 3 heterocycles. The zero-order valence-corrected chi connectivity index (χ0v) is 14.3. The Morgan fingerprint density at radius 1 is 1.42 bits per heavy atom. The van der Waals surface area contributed by atoms with Crippen LogP contribution in [-0.2, 0) is 4.79 Å². The number of fused-ring (bicyclic) bond motifs is 3. The molecule has 0 aliphatic heterocycles. The van der Waals surface area contributed by atoms with Crippen molar-refractivity contribution in [3.8, 4) is 6.07 Å². The predicted molar refractivity (Wildman–Crippen MR) is 93.0 cm³/mol. The number of nitrogens with zero attached hydrogens (tertiary/aromatic N) is 5. The van der Waals surface area contributed by atoms with Gasteiger partial charge in [-0.1, -0.05) is 0 Å². The summed E-state index contributed by atoms with van der Waals surface area (Å²) in [6, 6.07) is 4.14. The van der Waals surface area contributed by atoms with Gasteiger partial charge in [0.2, 0.25) is 5.91 Å². The molecule has 2 saturated carbocycles. The lowest BCUT2D eigenvalue weighted by atomic mass is 10.0. The number of hydrogen-bond donors (Lipinski definition) is 2. The zero-order chi connectivity index (χ0) is 17.7. The molecule has 0 bridgehead atoms. The standard InChI is InChI=1S/C18H19N7O/c19-10-18(4-5-18)17(26)22-8-11-1-2-12(7-11)16-24-23-14-9-21-15-13(25(14)16)3-6-20-15/h3,6,9,11-12,20H,1-2,4-5,7-8H2,(H,22,26)/t11-,12+/m0/s1. The average Bonchev–Trinajstić information content (AvgIpc) is 3.03. The van der Waals surface area contributed by atoms with E-state index >= 15 is 0 Å². The third-order valence-electron chi connectivity index (χ3n) is 5.82. The van der Waals surface area contributed by atoms with E-state index in [1.807, 2.05) is 12.3 Å². The Kier molecular flexibility index (Phi) is 3.26. The van der Waals surface area contributed by atoms with Crippen LogP contribution in [0.15, 0.2) is 18.5 Å². The Balaban J connectivity index is 1.32. The molecule has 8 nitrogen and oxygen atoms in total. The number of amides is 1. The van der Waals surface area contributed by atoms with Gasteiger partial charge in [0, 0.05) is 18.7 Å². The van der Waals surface area contributed by atoms with Gasteiger partial charge in [-0.2, -0.15) is 5.26 Å². The molecule has 0 radical (unpaired) electrons. The van der Waals surface area contributed by atoms with Crippen LogP contribution in [-0.4, -0.2) is 37.0 Å². The number of nitrogens with one attached hydrogen (secondary N) is 2. The minimum Gasteiger partial charge on any atom is -0.354 e. The quantitative estimate of drug-likeness (QED) is 0.747. The van der Waals surface area contributed by atoms with Crippen molar-refractivity contribution in [3.05, 3.63) is 24.3 Å². The molecule has 8 heteroatoms. The molecule has 2 fully saturated rings. The number of carbonyl (C=O) groups is 1. The smallest absolute Gasteiger partial charge is 0.240 e. The number of H-pyrrole nitrogens is 1. The minimum atomic E-state index is -0.742. The van der Waals surface area contributed by atoms with E-state index in [-0.39, 0.29) is 5.91 Å². The Labute approximate surface area is 149 Å². The molecule has 2 atom stereocenters. The molecule has 0 aromatic carbocycles. The van der Waals surface area contributed by atoms with Crippen molar-refractivity contribution in [2.75, 3.05) is 6.54 Å². The van der Waals surface area contributed by atoms with E-state index in [1.54, 1.807) is 6.20 Å². The first-order valence-corrected chi connectivity index (χ1v) is 9.07. The molecular weight excluding hydrogens is 330 g/mol. The first-order valence-electron chi connectivity index (χ1n) is 9.07. The summed E-state index contributed by atoms with van der Waals surface area (Å²) >= 11 is 0. The molecule has 2 aliphatic carbocycles. The average molecular weight is 349 g/mol. The van der Waals surface area contributed by atoms with E-state index in [0.717, 1.165) is 41.9 Å². The van der Waals surface area contributed by atoms with Crippen LogP contribution in [0.25, 0.3) is 16.8 Å². The summed E-state index contributed by atoms with van der Waals surface area (Å²) in [6.07, 6.45) is 8.02. The van der Waals surface area contributed by atoms with Gasteiger partial charge in [-0.15, -0.1) is 10.2 Å². The number of nitriles is 1. The lowest BCUT2D eigenvalue weighted by Crippen LogP contribution is -2.34. The molecule has 3 aromatic heterocycles. The van der Waals surface area contributed by atoms with Crippen LogP contribution in [0.3, 0.4) is 0 Å². The van der Waals surface area contributed by atoms with E-state index in [9.17, 15) is 4.79 Å². The van der Waals surface area contributed by atoms with Gasteiger partial charge in [-0.25, -0.2) is 4.98 Å². The van der Waals surface area contributed by atoms with Crippen molar-refractivity contribution in [2.24, 2.45) is 11.3 Å². The molecular formula is C18H19N7O. The highest BCUT2D eigenvalue weighted by molar-refractivity contribution is 5.88. The maximum absolute atomic E-state index is 12.1. The van der Waals surface area contributed by atoms with E-state index in [0.29, 0.717) is 31.2 Å². The van der Waals surface area contributed by atoms with Gasteiger partial charge in [-0.3, -0.25) is 9.20 Å². The summed E-state index contributed by atoms with van der Waals surface area (Å²) < 4.78 is 2.08. The van der Waals surface area contributed by atoms with Crippen LogP contribution in [0.5, 0.6) is 0 Å². The maximum Gasteiger partial charge on any atom is 0.240 e. The number of hydrogen-bond acceptors (Lipinski definition) is 5. The van der Waals surface area contributed by atoms with E-state index in [4.69, 9.17) is 5.26 Å². The molecule has 2 N–H and O–H groups in total. The molecule has 0 saturated heterocycles. The SMILES string of the molecule is N#CC1(C(=O)NC[C@H]2CC[C@@H](c3nnc4cnc5[nH]ccc5n34)C2)CC1. The van der Waals surface area contributed by atoms with Crippen LogP contribution in [0.2, 0.25) is 0 Å². The molecule has 1 amide bonds. The molecule has 26 heavy (non-hydrogen) atoms. The van der Waals surface area contributed by atoms with Crippen molar-refractivity contribution in [1.82, 2.24) is 29.9 Å². The van der Waals surface area contributed by atoms with E-state index < -0.39 is 5.41 Å². The second-order valence-electron chi connectivity index (χ2n) is 7.50. The van der Waals surface area contributed by atoms with Crippen molar-refractivity contribution in [3.63, 3.8) is 0 Å². The first-order chi connectivity index (χ1) is 12.7. The van der Waals surface area contributed by atoms with Crippen LogP contribution >= 0.6 is 0 Å². The van der Waals surface area contributed by atoms with Crippen LogP contribution in [0, 0.1) is 22.7 Å². The van der Waals surface area contributed by atoms with Gasteiger partial charge in [0.25, 0.3) is 0 Å². The van der Waals surface area contributed by atoms with Crippen molar-refractivity contribution >= 4 is 22.7 Å². The second kappa shape index (κ2) is 5.53. The topological polar surface area (TPSA) is 112 Å². The zero-order valence-electron chi connectivity index (χ0n) is 14.3. The third-order valence-corrected chi connectivity index (χ3v) is 5.82. The summed E-state index contributed by atoms with van der Waals surface area (Å²) in [6.45, 7) is 0.636. The molecule has 132 valence electrons. The molecule has 0 spiro atoms. The normalized spacial score (nSPS) is 24.0. The van der Waals surface area contributed by atoms with E-state index in [2.05, 4.69) is 36.0 Å². The molecule has 3 aromatic rings. The minimum absolute atomic E-state index is 0.100. The number of rotatable bonds is 4. The Bertz CT molecular complexity index is 1040. The fourth-order valence-corrected chi connectivity index (χ4v) is 4.08. The predicted octanol–water partition coefficient (Wildman–Crippen LogP) is 1.91. The van der Waals surface area contributed by atoms with Crippen LogP contribution in [0.4, 0.5) is 0 Å². The third kappa shape index (κ3) is 2.27. The van der Waals surface area contributed by atoms with Crippen LogP contribution < -0.4 is 5.32 Å². The lowest BCUT2D eigenvalue weighted by molar-refractivity contribution is -0.124. The Morgan fingerprint density at radius 2 is 2.31 bits per heavy atom. The fraction of sp³-hybridized carbons (Fsp3) is 0.500. The van der Waals surface area contributed by atoms with Gasteiger partial charge >= 0.3 is 0 Å². The highest BCUT2D eigenvalue weighted by atomic mass is 16.2. The summed E-state index contributed by atoms with van der Waals surface area (Å²) in [5, 5.41) is 20.8. The van der Waals surface area contributed by atoms with Crippen molar-refractivity contribution in [2.45, 2.75) is 38.0 Å². The maximum atomic E-state index is 12.1. The highest BCUT2D eigenvalue weighted by Crippen LogP contribution is 2.45. The molecule has 2 aliphatic rings. The van der Waals surface area contributed by atoms with Gasteiger partial charge < -0.3 is 10.3 Å². The number of aromatic nitrogens is 5. The highest BCUT2D eigenvalue weighted by Gasteiger charge is 2.50. The summed E-state index contributed by atoms with van der Waals surface area (Å²) in [7, 11) is 0. The summed E-state index contributed by atoms with van der Waals surface area (Å²) in [5.74, 6) is 1.60. The second-order valence-corrected chi connectivity index (χ2v) is 7.50. The van der Waals surface area contributed by atoms with Gasteiger partial charge in [0.15, 0.2) is 11.3 Å². The largest absolute Gasteiger partial charge is 0.354 e. The van der Waals surface area contributed by atoms with Gasteiger partial charge in [0.1, 0.15) is 11.2 Å². The summed E-state index contributed by atoms with van der Waals surface area (Å²) in [5.41, 5.74) is 1.83.